The molecule has 1 unspecified atom stereocenters. The average Bonchev–Trinajstić information content (AvgIpc) is 2.85. The molecular weight excluding hydrogens is 427 g/mol. The van der Waals surface area contributed by atoms with E-state index in [0.717, 1.165) is 11.1 Å². The van der Waals surface area contributed by atoms with Crippen molar-refractivity contribution in [3.8, 4) is 0 Å². The van der Waals surface area contributed by atoms with Gasteiger partial charge in [0.2, 0.25) is 5.30 Å². The van der Waals surface area contributed by atoms with Gasteiger partial charge in [0.1, 0.15) is 0 Å². The number of benzene rings is 4. The lowest BCUT2D eigenvalue weighted by molar-refractivity contribution is 0.0991. The number of carbonyl (C=O) groups is 2. The van der Waals surface area contributed by atoms with Crippen LogP contribution < -0.4 is 5.30 Å². The standard InChI is InChI=1S/C23H20O3P.C6H6/c1-16-9-8-10-17(2)22(16)20(24)15-19-13-6-7-14-21(19)27(26)23(25)18-11-4-3-5-12-18;1-2-4-6-5-3-1/h3-14H,15H2,1-2H3;1-6H/q+1;. The lowest BCUT2D eigenvalue weighted by Gasteiger charge is -2.08. The molecule has 0 saturated heterocycles. The van der Waals surface area contributed by atoms with Crippen LogP contribution >= 0.6 is 7.80 Å². The summed E-state index contributed by atoms with van der Waals surface area (Å²) in [7, 11) is -2.29. The van der Waals surface area contributed by atoms with E-state index in [2.05, 4.69) is 0 Å². The van der Waals surface area contributed by atoms with Gasteiger partial charge in [0, 0.05) is 17.5 Å². The number of rotatable bonds is 6. The molecule has 0 heterocycles. The van der Waals surface area contributed by atoms with Crippen LogP contribution in [0.15, 0.2) is 109 Å². The number of Topliss-reactive ketones (excluding diaryl/α,β-unsaturated/α-hetero) is 1. The highest BCUT2D eigenvalue weighted by Gasteiger charge is 2.35. The SMILES string of the molecule is Cc1cccc(C)c1C(=O)Cc1ccccc1[P+](=O)C(=O)c1ccccc1.c1ccccc1. The Morgan fingerprint density at radius 2 is 1.12 bits per heavy atom. The first-order valence-electron chi connectivity index (χ1n) is 10.7. The molecule has 3 nitrogen and oxygen atoms in total. The van der Waals surface area contributed by atoms with Gasteiger partial charge in [-0.3, -0.25) is 4.79 Å². The van der Waals surface area contributed by atoms with Gasteiger partial charge in [0.15, 0.2) is 5.78 Å². The first-order valence-corrected chi connectivity index (χ1v) is 12.0. The Kier molecular flexibility index (Phi) is 8.57. The van der Waals surface area contributed by atoms with Gasteiger partial charge in [-0.1, -0.05) is 95.6 Å². The molecule has 1 atom stereocenters. The Labute approximate surface area is 195 Å². The molecule has 0 spiro atoms. The lowest BCUT2D eigenvalue weighted by Crippen LogP contribution is -2.15. The molecule has 0 fully saturated rings. The number of hydrogen-bond donors (Lipinski definition) is 0. The lowest BCUT2D eigenvalue weighted by atomic mass is 9.95. The second-order valence-corrected chi connectivity index (χ2v) is 9.09. The van der Waals surface area contributed by atoms with E-state index in [0.29, 0.717) is 22.0 Å². The van der Waals surface area contributed by atoms with Gasteiger partial charge >= 0.3 is 13.3 Å². The smallest absolute Gasteiger partial charge is 0.294 e. The van der Waals surface area contributed by atoms with Gasteiger partial charge in [-0.15, -0.1) is 0 Å². The minimum atomic E-state index is -2.29. The molecule has 0 amide bonds. The normalized spacial score (nSPS) is 10.5. The van der Waals surface area contributed by atoms with Crippen LogP contribution in [0.25, 0.3) is 0 Å². The predicted octanol–water partition coefficient (Wildman–Crippen LogP) is 6.71. The van der Waals surface area contributed by atoms with Gasteiger partial charge in [0.25, 0.3) is 0 Å². The molecule has 33 heavy (non-hydrogen) atoms. The topological polar surface area (TPSA) is 51.2 Å². The first kappa shape index (κ1) is 24.0. The number of carbonyl (C=O) groups excluding carboxylic acids is 2. The molecule has 4 aromatic carbocycles. The molecule has 0 N–H and O–H groups in total. The molecule has 0 aliphatic heterocycles. The monoisotopic (exact) mass is 453 g/mol. The van der Waals surface area contributed by atoms with Crippen LogP contribution in [0.1, 0.15) is 37.4 Å². The van der Waals surface area contributed by atoms with Crippen LogP contribution in [-0.2, 0) is 11.0 Å². The quantitative estimate of drug-likeness (QED) is 0.241. The number of ketones is 1. The fourth-order valence-electron chi connectivity index (χ4n) is 3.57. The molecule has 0 aliphatic carbocycles. The van der Waals surface area contributed by atoms with Gasteiger partial charge in [-0.05, 0) is 43.2 Å². The third kappa shape index (κ3) is 6.41. The predicted molar refractivity (Wildman–Crippen MR) is 135 cm³/mol. The van der Waals surface area contributed by atoms with E-state index < -0.39 is 13.3 Å². The van der Waals surface area contributed by atoms with Gasteiger partial charge < -0.3 is 0 Å². The Bertz CT molecular complexity index is 1200. The number of hydrogen-bond acceptors (Lipinski definition) is 3. The summed E-state index contributed by atoms with van der Waals surface area (Å²) in [6, 6.07) is 33.3. The van der Waals surface area contributed by atoms with Crippen LogP contribution in [0, 0.1) is 13.8 Å². The second kappa shape index (κ2) is 11.8. The van der Waals surface area contributed by atoms with Crippen molar-refractivity contribution in [1.29, 1.82) is 0 Å². The summed E-state index contributed by atoms with van der Waals surface area (Å²) in [6.45, 7) is 3.82. The highest BCUT2D eigenvalue weighted by Crippen LogP contribution is 2.28. The Hall–Kier alpha value is -3.68. The van der Waals surface area contributed by atoms with Crippen molar-refractivity contribution < 1.29 is 14.2 Å². The summed E-state index contributed by atoms with van der Waals surface area (Å²) in [5.74, 6) is -0.0337. The highest BCUT2D eigenvalue weighted by atomic mass is 31.1. The minimum Gasteiger partial charge on any atom is -0.294 e. The second-order valence-electron chi connectivity index (χ2n) is 7.62. The van der Waals surface area contributed by atoms with E-state index in [1.165, 1.54) is 0 Å². The van der Waals surface area contributed by atoms with Crippen molar-refractivity contribution >= 4 is 24.4 Å². The van der Waals surface area contributed by atoms with E-state index in [1.807, 2.05) is 68.4 Å². The van der Waals surface area contributed by atoms with E-state index in [1.54, 1.807) is 54.6 Å². The zero-order valence-corrected chi connectivity index (χ0v) is 19.7. The van der Waals surface area contributed by atoms with Crippen molar-refractivity contribution in [2.24, 2.45) is 0 Å². The Balaban J connectivity index is 0.000000442. The summed E-state index contributed by atoms with van der Waals surface area (Å²) in [6.07, 6.45) is 0.116. The van der Waals surface area contributed by atoms with Crippen molar-refractivity contribution in [3.63, 3.8) is 0 Å². The van der Waals surface area contributed by atoms with Crippen molar-refractivity contribution in [3.05, 3.63) is 137 Å². The maximum absolute atomic E-state index is 12.9. The fourth-order valence-corrected chi connectivity index (χ4v) is 4.80. The number of aryl methyl sites for hydroxylation is 2. The van der Waals surface area contributed by atoms with Crippen molar-refractivity contribution in [1.82, 2.24) is 0 Å². The van der Waals surface area contributed by atoms with Crippen LogP contribution in [0.2, 0.25) is 0 Å². The third-order valence-corrected chi connectivity index (χ3v) is 6.69. The van der Waals surface area contributed by atoms with E-state index in [4.69, 9.17) is 0 Å². The van der Waals surface area contributed by atoms with Crippen molar-refractivity contribution in [2.45, 2.75) is 20.3 Å². The first-order chi connectivity index (χ1) is 16.0. The van der Waals surface area contributed by atoms with E-state index >= 15 is 0 Å². The fraction of sp³-hybridized carbons (Fsp3) is 0.103. The molecular formula is C29H26O3P+. The van der Waals surface area contributed by atoms with Crippen LogP contribution in [0.3, 0.4) is 0 Å². The molecule has 4 heteroatoms. The van der Waals surface area contributed by atoms with E-state index in [9.17, 15) is 14.2 Å². The van der Waals surface area contributed by atoms with Crippen LogP contribution in [-0.4, -0.2) is 11.3 Å². The average molecular weight is 453 g/mol. The summed E-state index contributed by atoms with van der Waals surface area (Å²) in [4.78, 5) is 25.5. The highest BCUT2D eigenvalue weighted by molar-refractivity contribution is 7.71. The maximum Gasteiger partial charge on any atom is 0.458 e. The zero-order valence-electron chi connectivity index (χ0n) is 18.8. The Morgan fingerprint density at radius 3 is 1.70 bits per heavy atom. The maximum atomic E-state index is 12.9. The molecule has 0 radical (unpaired) electrons. The summed E-state index contributed by atoms with van der Waals surface area (Å²) >= 11 is 0. The van der Waals surface area contributed by atoms with Gasteiger partial charge in [0.05, 0.1) is 5.56 Å². The molecule has 164 valence electrons. The van der Waals surface area contributed by atoms with Crippen LogP contribution in [0.5, 0.6) is 0 Å². The van der Waals surface area contributed by atoms with Crippen molar-refractivity contribution in [2.75, 3.05) is 0 Å². The third-order valence-electron chi connectivity index (χ3n) is 5.19. The van der Waals surface area contributed by atoms with Gasteiger partial charge in [-0.25, -0.2) is 4.79 Å². The van der Waals surface area contributed by atoms with E-state index in [-0.39, 0.29) is 12.2 Å². The van der Waals surface area contributed by atoms with Crippen LogP contribution in [0.4, 0.5) is 0 Å². The Morgan fingerprint density at radius 1 is 0.636 bits per heavy atom. The molecule has 0 bridgehead atoms. The molecule has 0 aromatic heterocycles. The summed E-state index contributed by atoms with van der Waals surface area (Å²) in [5, 5.41) is 0.431. The zero-order chi connectivity index (χ0) is 23.6. The minimum absolute atomic E-state index is 0.0337. The molecule has 4 aromatic rings. The summed E-state index contributed by atoms with van der Waals surface area (Å²) in [5.41, 5.74) is 3.16. The summed E-state index contributed by atoms with van der Waals surface area (Å²) < 4.78 is 12.9. The largest absolute Gasteiger partial charge is 0.458 e. The molecule has 0 saturated carbocycles. The van der Waals surface area contributed by atoms with Gasteiger partial charge in [-0.2, -0.15) is 0 Å². The molecule has 0 aliphatic rings. The molecule has 4 rings (SSSR count).